The van der Waals surface area contributed by atoms with Gasteiger partial charge in [0.2, 0.25) is 0 Å². The molecule has 0 aromatic heterocycles. The van der Waals surface area contributed by atoms with Crippen molar-refractivity contribution in [3.05, 3.63) is 0 Å². The summed E-state index contributed by atoms with van der Waals surface area (Å²) in [7, 11) is 1.31. The van der Waals surface area contributed by atoms with Crippen molar-refractivity contribution in [2.24, 2.45) is 11.1 Å². The van der Waals surface area contributed by atoms with Crippen molar-refractivity contribution in [3.63, 3.8) is 0 Å². The highest BCUT2D eigenvalue weighted by Crippen LogP contribution is 2.26. The van der Waals surface area contributed by atoms with Gasteiger partial charge in [0, 0.05) is 19.6 Å². The number of amides is 1. The number of ketones is 1. The SMILES string of the molecule is COC(=O)[C@@H]1CN(CCC(C)(C)[C@@H](N)C(C)=O)CCN1C(=O)OC(C)(C)C. The number of rotatable bonds is 6. The lowest BCUT2D eigenvalue weighted by Gasteiger charge is -2.41. The van der Waals surface area contributed by atoms with Crippen LogP contribution >= 0.6 is 0 Å². The molecule has 1 saturated heterocycles. The number of carbonyl (C=O) groups is 3. The van der Waals surface area contributed by atoms with Crippen LogP contribution in [0.2, 0.25) is 0 Å². The van der Waals surface area contributed by atoms with Crippen LogP contribution in [0.25, 0.3) is 0 Å². The van der Waals surface area contributed by atoms with Gasteiger partial charge >= 0.3 is 12.1 Å². The lowest BCUT2D eigenvalue weighted by atomic mass is 9.79. The summed E-state index contributed by atoms with van der Waals surface area (Å²) in [5.74, 6) is -0.507. The van der Waals surface area contributed by atoms with E-state index in [4.69, 9.17) is 15.2 Å². The predicted molar refractivity (Wildman–Crippen MR) is 102 cm³/mol. The second kappa shape index (κ2) is 9.01. The molecule has 0 unspecified atom stereocenters. The predicted octanol–water partition coefficient (Wildman–Crippen LogP) is 1.41. The summed E-state index contributed by atoms with van der Waals surface area (Å²) in [4.78, 5) is 39.8. The first-order valence-corrected chi connectivity index (χ1v) is 9.34. The lowest BCUT2D eigenvalue weighted by Crippen LogP contribution is -2.59. The van der Waals surface area contributed by atoms with Crippen molar-refractivity contribution in [2.75, 3.05) is 33.3 Å². The van der Waals surface area contributed by atoms with Crippen molar-refractivity contribution < 1.29 is 23.9 Å². The molecule has 1 amide bonds. The molecule has 156 valence electrons. The minimum absolute atomic E-state index is 0.0396. The molecule has 1 aliphatic heterocycles. The van der Waals surface area contributed by atoms with Gasteiger partial charge in [-0.25, -0.2) is 9.59 Å². The second-order valence-corrected chi connectivity index (χ2v) is 8.84. The third-order valence-electron chi connectivity index (χ3n) is 4.92. The van der Waals surface area contributed by atoms with Crippen molar-refractivity contribution >= 4 is 17.8 Å². The summed E-state index contributed by atoms with van der Waals surface area (Å²) in [6.45, 7) is 12.8. The van der Waals surface area contributed by atoms with Crippen LogP contribution in [0.15, 0.2) is 0 Å². The van der Waals surface area contributed by atoms with Crippen LogP contribution in [0, 0.1) is 5.41 Å². The van der Waals surface area contributed by atoms with Crippen LogP contribution in [-0.2, 0) is 19.1 Å². The van der Waals surface area contributed by atoms with E-state index in [1.54, 1.807) is 20.8 Å². The maximum atomic E-state index is 12.5. The van der Waals surface area contributed by atoms with Crippen molar-refractivity contribution in [2.45, 2.75) is 65.6 Å². The van der Waals surface area contributed by atoms with Gasteiger partial charge in [0.1, 0.15) is 17.4 Å². The standard InChI is InChI=1S/C19H35N3O5/c1-13(23)15(20)19(5,6)8-9-21-10-11-22(14(12-21)16(24)26-7)17(25)27-18(2,3)4/h14-15H,8-12,20H2,1-7H3/t14-,15-/m0/s1. The Hall–Kier alpha value is -1.67. The summed E-state index contributed by atoms with van der Waals surface area (Å²) < 4.78 is 10.3. The number of Topliss-reactive ketones (excluding diaryl/α,β-unsaturated/α-hetero) is 1. The normalized spacial score (nSPS) is 20.1. The van der Waals surface area contributed by atoms with Crippen molar-refractivity contribution in [1.82, 2.24) is 9.80 Å². The number of nitrogens with zero attached hydrogens (tertiary/aromatic N) is 2. The number of methoxy groups -OCH3 is 1. The van der Waals surface area contributed by atoms with Crippen LogP contribution < -0.4 is 5.73 Å². The Morgan fingerprint density at radius 2 is 1.74 bits per heavy atom. The molecule has 1 rings (SSSR count). The second-order valence-electron chi connectivity index (χ2n) is 8.84. The van der Waals surface area contributed by atoms with Gasteiger partial charge in [0.15, 0.2) is 0 Å². The minimum atomic E-state index is -0.719. The Bertz CT molecular complexity index is 556. The molecular weight excluding hydrogens is 350 g/mol. The molecule has 27 heavy (non-hydrogen) atoms. The Labute approximate surface area is 162 Å². The van der Waals surface area contributed by atoms with E-state index in [9.17, 15) is 14.4 Å². The van der Waals surface area contributed by atoms with Crippen LogP contribution in [0.1, 0.15) is 48.0 Å². The average molecular weight is 386 g/mol. The fraction of sp³-hybridized carbons (Fsp3) is 0.842. The van der Waals surface area contributed by atoms with Gasteiger partial charge in [-0.15, -0.1) is 0 Å². The first-order chi connectivity index (χ1) is 12.3. The molecule has 0 saturated carbocycles. The fourth-order valence-corrected chi connectivity index (χ4v) is 3.07. The number of hydrogen-bond donors (Lipinski definition) is 1. The molecule has 2 atom stereocenters. The van der Waals surface area contributed by atoms with Gasteiger partial charge in [0.25, 0.3) is 0 Å². The molecule has 1 heterocycles. The van der Waals surface area contributed by atoms with Crippen LogP contribution in [0.3, 0.4) is 0 Å². The fourth-order valence-electron chi connectivity index (χ4n) is 3.07. The topological polar surface area (TPSA) is 102 Å². The Kier molecular flexibility index (Phi) is 7.80. The van der Waals surface area contributed by atoms with Gasteiger partial charge in [-0.2, -0.15) is 0 Å². The third kappa shape index (κ3) is 6.77. The number of ether oxygens (including phenoxy) is 2. The first kappa shape index (κ1) is 23.4. The first-order valence-electron chi connectivity index (χ1n) is 9.34. The summed E-state index contributed by atoms with van der Waals surface area (Å²) in [5.41, 5.74) is 5.03. The Balaban J connectivity index is 2.78. The molecule has 0 bridgehead atoms. The zero-order chi connectivity index (χ0) is 21.0. The highest BCUT2D eigenvalue weighted by molar-refractivity contribution is 5.82. The smallest absolute Gasteiger partial charge is 0.411 e. The molecule has 8 nitrogen and oxygen atoms in total. The van der Waals surface area contributed by atoms with E-state index < -0.39 is 29.7 Å². The Morgan fingerprint density at radius 1 is 1.15 bits per heavy atom. The maximum Gasteiger partial charge on any atom is 0.411 e. The van der Waals surface area contributed by atoms with Crippen LogP contribution in [0.5, 0.6) is 0 Å². The van der Waals surface area contributed by atoms with Gasteiger partial charge in [-0.05, 0) is 46.1 Å². The molecular formula is C19H35N3O5. The molecule has 2 N–H and O–H groups in total. The van der Waals surface area contributed by atoms with Crippen LogP contribution in [0.4, 0.5) is 4.79 Å². The minimum Gasteiger partial charge on any atom is -0.467 e. The van der Waals surface area contributed by atoms with E-state index in [0.29, 0.717) is 32.6 Å². The monoisotopic (exact) mass is 385 g/mol. The molecule has 1 aliphatic rings. The molecule has 8 heteroatoms. The summed E-state index contributed by atoms with van der Waals surface area (Å²) in [6.07, 6.45) is 0.185. The largest absolute Gasteiger partial charge is 0.467 e. The van der Waals surface area contributed by atoms with E-state index in [1.165, 1.54) is 18.9 Å². The zero-order valence-corrected chi connectivity index (χ0v) is 17.7. The Morgan fingerprint density at radius 3 is 2.22 bits per heavy atom. The van der Waals surface area contributed by atoms with Gasteiger partial charge in [-0.3, -0.25) is 14.6 Å². The molecule has 0 aromatic rings. The number of nitrogens with two attached hydrogens (primary N) is 1. The highest BCUT2D eigenvalue weighted by Gasteiger charge is 2.39. The number of carbonyl (C=O) groups excluding carboxylic acids is 3. The average Bonchev–Trinajstić information content (AvgIpc) is 2.56. The van der Waals surface area contributed by atoms with Gasteiger partial charge in [0.05, 0.1) is 13.2 Å². The van der Waals surface area contributed by atoms with Crippen molar-refractivity contribution in [1.29, 1.82) is 0 Å². The summed E-state index contributed by atoms with van der Waals surface area (Å²) in [6, 6.07) is -1.25. The van der Waals surface area contributed by atoms with E-state index in [2.05, 4.69) is 4.90 Å². The number of esters is 1. The number of piperazine rings is 1. The van der Waals surface area contributed by atoms with Gasteiger partial charge < -0.3 is 15.2 Å². The summed E-state index contributed by atoms with van der Waals surface area (Å²) in [5, 5.41) is 0. The highest BCUT2D eigenvalue weighted by atomic mass is 16.6. The summed E-state index contributed by atoms with van der Waals surface area (Å²) >= 11 is 0. The number of hydrogen-bond acceptors (Lipinski definition) is 7. The van der Waals surface area contributed by atoms with Crippen LogP contribution in [-0.4, -0.2) is 78.6 Å². The lowest BCUT2D eigenvalue weighted by molar-refractivity contribution is -0.149. The van der Waals surface area contributed by atoms with Crippen molar-refractivity contribution in [3.8, 4) is 0 Å². The maximum absolute atomic E-state index is 12.5. The quantitative estimate of drug-likeness (QED) is 0.690. The van der Waals surface area contributed by atoms with Gasteiger partial charge in [-0.1, -0.05) is 13.8 Å². The molecule has 0 aromatic carbocycles. The molecule has 1 fully saturated rings. The molecule has 0 aliphatic carbocycles. The van der Waals surface area contributed by atoms with E-state index in [0.717, 1.165) is 0 Å². The zero-order valence-electron chi connectivity index (χ0n) is 17.7. The van der Waals surface area contributed by atoms with E-state index in [-0.39, 0.29) is 11.2 Å². The molecule has 0 radical (unpaired) electrons. The van der Waals surface area contributed by atoms with E-state index >= 15 is 0 Å². The third-order valence-corrected chi connectivity index (χ3v) is 4.92. The molecule has 0 spiro atoms. The van der Waals surface area contributed by atoms with E-state index in [1.807, 2.05) is 13.8 Å².